The van der Waals surface area contributed by atoms with E-state index in [1.807, 2.05) is 12.1 Å². The molecule has 1 N–H and O–H groups in total. The van der Waals surface area contributed by atoms with E-state index in [9.17, 15) is 10.1 Å². The zero-order valence-corrected chi connectivity index (χ0v) is 12.7. The maximum absolute atomic E-state index is 11.9. The van der Waals surface area contributed by atoms with E-state index in [1.54, 1.807) is 12.1 Å². The van der Waals surface area contributed by atoms with Crippen molar-refractivity contribution in [2.75, 3.05) is 5.75 Å². The van der Waals surface area contributed by atoms with Gasteiger partial charge < -0.3 is 5.32 Å². The Hall–Kier alpha value is -1.44. The molecule has 0 aromatic heterocycles. The van der Waals surface area contributed by atoms with Gasteiger partial charge in [0.05, 0.1) is 16.7 Å². The highest BCUT2D eigenvalue weighted by Crippen LogP contribution is 2.36. The Balaban J connectivity index is 2.37. The largest absolute Gasteiger partial charge is 0.320 e. The summed E-state index contributed by atoms with van der Waals surface area (Å²) in [6.45, 7) is 2.07. The first kappa shape index (κ1) is 15.0. The summed E-state index contributed by atoms with van der Waals surface area (Å²) in [5, 5.41) is 13.6. The Morgan fingerprint density at radius 3 is 2.75 bits per heavy atom. The van der Waals surface area contributed by atoms with Crippen LogP contribution in [-0.4, -0.2) is 11.7 Å². The standard InChI is InChI=1S/C15H15ClN2OS/c1-2-7-20-15-13(9-17)12(8-14(19)18-15)10-3-5-11(16)6-4-10/h3-6,12H,2,7-8H2,1H3,(H,18,19)/t12-/m1/s1. The number of carbonyl (C=O) groups is 1. The summed E-state index contributed by atoms with van der Waals surface area (Å²) in [5.41, 5.74) is 1.60. The molecule has 1 aliphatic heterocycles. The molecule has 0 aliphatic carbocycles. The van der Waals surface area contributed by atoms with Crippen LogP contribution in [0.2, 0.25) is 5.02 Å². The number of allylic oxidation sites excluding steroid dienone is 1. The van der Waals surface area contributed by atoms with E-state index in [4.69, 9.17) is 11.6 Å². The third kappa shape index (κ3) is 3.36. The molecule has 20 heavy (non-hydrogen) atoms. The number of hydrogen-bond acceptors (Lipinski definition) is 3. The Kier molecular flexibility index (Phi) is 5.11. The third-order valence-corrected chi connectivity index (χ3v) is 4.55. The maximum Gasteiger partial charge on any atom is 0.225 e. The molecule has 104 valence electrons. The van der Waals surface area contributed by atoms with Crippen LogP contribution < -0.4 is 5.32 Å². The van der Waals surface area contributed by atoms with Gasteiger partial charge in [0.25, 0.3) is 0 Å². The molecule has 2 rings (SSSR count). The topological polar surface area (TPSA) is 52.9 Å². The van der Waals surface area contributed by atoms with Crippen molar-refractivity contribution in [3.05, 3.63) is 45.5 Å². The van der Waals surface area contributed by atoms with E-state index >= 15 is 0 Å². The van der Waals surface area contributed by atoms with Gasteiger partial charge in [0.15, 0.2) is 0 Å². The molecule has 0 bridgehead atoms. The number of thioether (sulfide) groups is 1. The predicted octanol–water partition coefficient (Wildman–Crippen LogP) is 3.82. The molecule has 1 amide bonds. The number of carbonyl (C=O) groups excluding carboxylic acids is 1. The average Bonchev–Trinajstić information content (AvgIpc) is 2.45. The number of nitriles is 1. The van der Waals surface area contributed by atoms with Crippen LogP contribution in [0.15, 0.2) is 34.9 Å². The summed E-state index contributed by atoms with van der Waals surface area (Å²) < 4.78 is 0. The summed E-state index contributed by atoms with van der Waals surface area (Å²) in [6.07, 6.45) is 1.30. The van der Waals surface area contributed by atoms with Crippen LogP contribution in [0, 0.1) is 11.3 Å². The van der Waals surface area contributed by atoms with Crippen molar-refractivity contribution in [3.63, 3.8) is 0 Å². The Bertz CT molecular complexity index is 575. The minimum atomic E-state index is -0.176. The lowest BCUT2D eigenvalue weighted by Gasteiger charge is -2.25. The molecule has 0 saturated carbocycles. The first-order valence-electron chi connectivity index (χ1n) is 6.48. The third-order valence-electron chi connectivity index (χ3n) is 3.08. The van der Waals surface area contributed by atoms with Crippen LogP contribution in [0.5, 0.6) is 0 Å². The minimum Gasteiger partial charge on any atom is -0.320 e. The molecular formula is C15H15ClN2OS. The summed E-state index contributed by atoms with van der Waals surface area (Å²) in [7, 11) is 0. The molecule has 0 fully saturated rings. The van der Waals surface area contributed by atoms with Crippen LogP contribution in [0.4, 0.5) is 0 Å². The number of halogens is 1. The summed E-state index contributed by atoms with van der Waals surface area (Å²) in [5.74, 6) is 0.668. The van der Waals surface area contributed by atoms with Crippen molar-refractivity contribution in [1.29, 1.82) is 5.26 Å². The fourth-order valence-corrected chi connectivity index (χ4v) is 3.18. The lowest BCUT2D eigenvalue weighted by molar-refractivity contribution is -0.120. The highest BCUT2D eigenvalue weighted by Gasteiger charge is 2.29. The van der Waals surface area contributed by atoms with Crippen molar-refractivity contribution in [2.45, 2.75) is 25.7 Å². The van der Waals surface area contributed by atoms with Crippen LogP contribution in [0.1, 0.15) is 31.2 Å². The molecule has 0 unspecified atom stereocenters. The number of benzene rings is 1. The number of rotatable bonds is 4. The van der Waals surface area contributed by atoms with Gasteiger partial charge >= 0.3 is 0 Å². The molecule has 0 spiro atoms. The highest BCUT2D eigenvalue weighted by molar-refractivity contribution is 8.03. The number of amides is 1. The van der Waals surface area contributed by atoms with E-state index in [0.29, 0.717) is 22.0 Å². The number of nitrogens with zero attached hydrogens (tertiary/aromatic N) is 1. The first-order chi connectivity index (χ1) is 9.65. The summed E-state index contributed by atoms with van der Waals surface area (Å²) in [6, 6.07) is 9.60. The number of hydrogen-bond donors (Lipinski definition) is 1. The minimum absolute atomic E-state index is 0.0393. The van der Waals surface area contributed by atoms with Gasteiger partial charge in [0.1, 0.15) is 0 Å². The van der Waals surface area contributed by atoms with Gasteiger partial charge in [-0.15, -0.1) is 11.8 Å². The monoisotopic (exact) mass is 306 g/mol. The second kappa shape index (κ2) is 6.83. The van der Waals surface area contributed by atoms with Crippen molar-refractivity contribution < 1.29 is 4.79 Å². The van der Waals surface area contributed by atoms with E-state index < -0.39 is 0 Å². The van der Waals surface area contributed by atoms with Gasteiger partial charge in [0.2, 0.25) is 5.91 Å². The van der Waals surface area contributed by atoms with Crippen LogP contribution in [0.25, 0.3) is 0 Å². The van der Waals surface area contributed by atoms with Gasteiger partial charge in [-0.25, -0.2) is 0 Å². The van der Waals surface area contributed by atoms with Crippen molar-refractivity contribution >= 4 is 29.3 Å². The van der Waals surface area contributed by atoms with Gasteiger partial charge in [-0.3, -0.25) is 4.79 Å². The molecule has 1 aliphatic rings. The molecule has 3 nitrogen and oxygen atoms in total. The molecule has 1 heterocycles. The molecule has 1 aromatic carbocycles. The zero-order valence-electron chi connectivity index (χ0n) is 11.1. The Labute approximate surface area is 128 Å². The molecule has 5 heteroatoms. The SMILES string of the molecule is CCCSC1=C(C#N)[C@@H](c2ccc(Cl)cc2)CC(=O)N1. The molecular weight excluding hydrogens is 292 g/mol. The van der Waals surface area contributed by atoms with Crippen molar-refractivity contribution in [1.82, 2.24) is 5.32 Å². The highest BCUT2D eigenvalue weighted by atomic mass is 35.5. The average molecular weight is 307 g/mol. The fraction of sp³-hybridized carbons (Fsp3) is 0.333. The summed E-state index contributed by atoms with van der Waals surface area (Å²) >= 11 is 7.42. The normalized spacial score (nSPS) is 18.6. The lowest BCUT2D eigenvalue weighted by atomic mass is 9.87. The van der Waals surface area contributed by atoms with Crippen molar-refractivity contribution in [2.24, 2.45) is 0 Å². The van der Waals surface area contributed by atoms with Gasteiger partial charge in [-0.1, -0.05) is 30.7 Å². The second-order valence-corrected chi connectivity index (χ2v) is 6.10. The fourth-order valence-electron chi connectivity index (χ4n) is 2.12. The second-order valence-electron chi connectivity index (χ2n) is 4.56. The molecule has 0 saturated heterocycles. The lowest BCUT2D eigenvalue weighted by Crippen LogP contribution is -2.30. The van der Waals surface area contributed by atoms with Crippen LogP contribution in [0.3, 0.4) is 0 Å². The zero-order chi connectivity index (χ0) is 14.5. The predicted molar refractivity (Wildman–Crippen MR) is 82.3 cm³/mol. The smallest absolute Gasteiger partial charge is 0.225 e. The van der Waals surface area contributed by atoms with E-state index in [1.165, 1.54) is 11.8 Å². The Morgan fingerprint density at radius 2 is 2.15 bits per heavy atom. The van der Waals surface area contributed by atoms with Crippen LogP contribution >= 0.6 is 23.4 Å². The molecule has 0 radical (unpaired) electrons. The Morgan fingerprint density at radius 1 is 1.45 bits per heavy atom. The van der Waals surface area contributed by atoms with Crippen molar-refractivity contribution in [3.8, 4) is 6.07 Å². The van der Waals surface area contributed by atoms with Gasteiger partial charge in [0, 0.05) is 17.4 Å². The first-order valence-corrected chi connectivity index (χ1v) is 7.84. The van der Waals surface area contributed by atoms with E-state index in [2.05, 4.69) is 18.3 Å². The van der Waals surface area contributed by atoms with E-state index in [-0.39, 0.29) is 11.8 Å². The number of nitrogens with one attached hydrogen (secondary N) is 1. The molecule has 1 aromatic rings. The quantitative estimate of drug-likeness (QED) is 0.920. The van der Waals surface area contributed by atoms with Crippen LogP contribution in [-0.2, 0) is 4.79 Å². The van der Waals surface area contributed by atoms with Gasteiger partial charge in [-0.05, 0) is 29.9 Å². The van der Waals surface area contributed by atoms with E-state index in [0.717, 1.165) is 17.7 Å². The molecule has 1 atom stereocenters. The maximum atomic E-state index is 11.9. The summed E-state index contributed by atoms with van der Waals surface area (Å²) in [4.78, 5) is 11.9. The van der Waals surface area contributed by atoms with Gasteiger partial charge in [-0.2, -0.15) is 5.26 Å².